The van der Waals surface area contributed by atoms with Gasteiger partial charge < -0.3 is 9.84 Å². The van der Waals surface area contributed by atoms with Crippen LogP contribution in [0.3, 0.4) is 0 Å². The number of ether oxygens (including phenoxy) is 1. The molecule has 0 aliphatic heterocycles. The molecular formula is C28H48O3. The predicted molar refractivity (Wildman–Crippen MR) is 126 cm³/mol. The first-order chi connectivity index (χ1) is 14.6. The summed E-state index contributed by atoms with van der Waals surface area (Å²) >= 11 is 0. The smallest absolute Gasteiger partial charge is 0.165 e. The lowest BCUT2D eigenvalue weighted by molar-refractivity contribution is -0.215. The molecule has 3 heteroatoms. The number of carbonyl (C=O) groups excluding carboxylic acids is 1. The topological polar surface area (TPSA) is 46.5 Å². The van der Waals surface area contributed by atoms with Gasteiger partial charge in [0.15, 0.2) is 5.78 Å². The Morgan fingerprint density at radius 3 is 2.45 bits per heavy atom. The molecule has 0 aromatic rings. The maximum atomic E-state index is 13.5. The highest BCUT2D eigenvalue weighted by molar-refractivity contribution is 5.89. The normalized spacial score (nSPS) is 48.3. The van der Waals surface area contributed by atoms with Crippen molar-refractivity contribution in [3.63, 3.8) is 0 Å². The fraction of sp³-hybridized carbons (Fsp3) is 0.964. The van der Waals surface area contributed by atoms with Crippen LogP contribution in [0, 0.1) is 46.3 Å². The summed E-state index contributed by atoms with van der Waals surface area (Å²) in [5.74, 6) is 4.14. The third-order valence-corrected chi connectivity index (χ3v) is 11.1. The van der Waals surface area contributed by atoms with E-state index < -0.39 is 5.60 Å². The zero-order valence-electron chi connectivity index (χ0n) is 21.1. The van der Waals surface area contributed by atoms with Crippen LogP contribution in [0.15, 0.2) is 0 Å². The van der Waals surface area contributed by atoms with E-state index in [-0.39, 0.29) is 17.3 Å². The standard InChI is InChI=1S/C28H48O3/c1-18(2)8-7-9-19(3)22-10-11-23-21-16-25(29)28(30)17-20(31-6)12-15-27(28,5)24(21)13-14-26(22,23)4/h18-24,30H,7-17H2,1-6H3. The summed E-state index contributed by atoms with van der Waals surface area (Å²) in [4.78, 5) is 13.5. The van der Waals surface area contributed by atoms with Crippen molar-refractivity contribution >= 4 is 5.78 Å². The number of Topliss-reactive ketones (excluding diaryl/α,β-unsaturated/α-hetero) is 1. The van der Waals surface area contributed by atoms with Gasteiger partial charge in [0.1, 0.15) is 5.60 Å². The van der Waals surface area contributed by atoms with Crippen LogP contribution < -0.4 is 0 Å². The Hall–Kier alpha value is -0.410. The Morgan fingerprint density at radius 2 is 1.77 bits per heavy atom. The summed E-state index contributed by atoms with van der Waals surface area (Å²) in [5.41, 5.74) is -1.07. The zero-order valence-corrected chi connectivity index (χ0v) is 21.1. The SMILES string of the molecule is COC1CCC2(C)C3CCC4(C)C(C(C)CCCC(C)C)CCC4C3CC(=O)C2(O)C1. The van der Waals surface area contributed by atoms with Crippen molar-refractivity contribution in [2.45, 2.75) is 117 Å². The molecule has 4 aliphatic carbocycles. The van der Waals surface area contributed by atoms with E-state index in [2.05, 4.69) is 34.6 Å². The lowest BCUT2D eigenvalue weighted by Gasteiger charge is -2.63. The largest absolute Gasteiger partial charge is 0.381 e. The second-order valence-electron chi connectivity index (χ2n) is 12.9. The van der Waals surface area contributed by atoms with Gasteiger partial charge in [0.05, 0.1) is 6.10 Å². The van der Waals surface area contributed by atoms with Gasteiger partial charge in [-0.2, -0.15) is 0 Å². The summed E-state index contributed by atoms with van der Waals surface area (Å²) < 4.78 is 5.60. The van der Waals surface area contributed by atoms with Crippen molar-refractivity contribution in [3.05, 3.63) is 0 Å². The van der Waals surface area contributed by atoms with Crippen LogP contribution in [0.25, 0.3) is 0 Å². The molecule has 1 N–H and O–H groups in total. The maximum Gasteiger partial charge on any atom is 0.165 e. The molecule has 3 nitrogen and oxygen atoms in total. The van der Waals surface area contributed by atoms with E-state index >= 15 is 0 Å². The quantitative estimate of drug-likeness (QED) is 0.527. The lowest BCUT2D eigenvalue weighted by Crippen LogP contribution is -2.67. The van der Waals surface area contributed by atoms with Gasteiger partial charge in [-0.05, 0) is 79.4 Å². The van der Waals surface area contributed by atoms with E-state index in [9.17, 15) is 9.90 Å². The van der Waals surface area contributed by atoms with Crippen molar-refractivity contribution in [1.82, 2.24) is 0 Å². The molecule has 0 aromatic carbocycles. The zero-order chi connectivity index (χ0) is 22.6. The van der Waals surface area contributed by atoms with E-state index in [1.165, 1.54) is 44.9 Å². The molecule has 0 saturated heterocycles. The molecule has 0 bridgehead atoms. The predicted octanol–water partition coefficient (Wildman–Crippen LogP) is 6.42. The molecular weight excluding hydrogens is 384 g/mol. The number of aliphatic hydroxyl groups is 1. The van der Waals surface area contributed by atoms with Crippen LogP contribution in [0.1, 0.15) is 105 Å². The van der Waals surface area contributed by atoms with Crippen LogP contribution in [0.4, 0.5) is 0 Å². The minimum atomic E-state index is -1.18. The van der Waals surface area contributed by atoms with Gasteiger partial charge in [-0.25, -0.2) is 0 Å². The van der Waals surface area contributed by atoms with E-state index in [1.807, 2.05) is 0 Å². The number of carbonyl (C=O) groups is 1. The molecule has 4 fully saturated rings. The molecule has 0 spiro atoms. The second kappa shape index (κ2) is 8.42. The maximum absolute atomic E-state index is 13.5. The Bertz CT molecular complexity index is 673. The highest BCUT2D eigenvalue weighted by Gasteiger charge is 2.67. The van der Waals surface area contributed by atoms with Crippen molar-refractivity contribution in [3.8, 4) is 0 Å². The number of methoxy groups -OCH3 is 1. The van der Waals surface area contributed by atoms with Gasteiger partial charge in [-0.15, -0.1) is 0 Å². The van der Waals surface area contributed by atoms with Crippen LogP contribution >= 0.6 is 0 Å². The first kappa shape index (κ1) is 23.7. The Kier molecular flexibility index (Phi) is 6.45. The average molecular weight is 433 g/mol. The van der Waals surface area contributed by atoms with Gasteiger partial charge in [0, 0.05) is 25.4 Å². The molecule has 0 radical (unpaired) electrons. The Balaban J connectivity index is 1.53. The third kappa shape index (κ3) is 3.65. The first-order valence-electron chi connectivity index (χ1n) is 13.3. The number of rotatable bonds is 6. The van der Waals surface area contributed by atoms with E-state index in [1.54, 1.807) is 7.11 Å². The minimum Gasteiger partial charge on any atom is -0.381 e. The molecule has 4 rings (SSSR count). The summed E-state index contributed by atoms with van der Waals surface area (Å²) in [6.45, 7) is 12.0. The van der Waals surface area contributed by atoms with Gasteiger partial charge >= 0.3 is 0 Å². The molecule has 0 amide bonds. The van der Waals surface area contributed by atoms with Gasteiger partial charge in [0.2, 0.25) is 0 Å². The average Bonchev–Trinajstić information content (AvgIpc) is 3.06. The van der Waals surface area contributed by atoms with Crippen molar-refractivity contribution in [1.29, 1.82) is 0 Å². The molecule has 4 aliphatic rings. The van der Waals surface area contributed by atoms with Crippen molar-refractivity contribution in [2.75, 3.05) is 7.11 Å². The molecule has 31 heavy (non-hydrogen) atoms. The summed E-state index contributed by atoms with van der Waals surface area (Å²) in [6, 6.07) is 0. The molecule has 4 saturated carbocycles. The Labute approximate surface area is 191 Å². The summed E-state index contributed by atoms with van der Waals surface area (Å²) in [5, 5.41) is 11.7. The van der Waals surface area contributed by atoms with E-state index in [0.717, 1.165) is 30.6 Å². The van der Waals surface area contributed by atoms with Gasteiger partial charge in [-0.1, -0.05) is 53.9 Å². The van der Waals surface area contributed by atoms with Gasteiger partial charge in [-0.3, -0.25) is 4.79 Å². The van der Waals surface area contributed by atoms with E-state index in [0.29, 0.717) is 36.0 Å². The number of ketones is 1. The summed E-state index contributed by atoms with van der Waals surface area (Å²) in [7, 11) is 1.72. The molecule has 0 aromatic heterocycles. The minimum absolute atomic E-state index is 0.0231. The molecule has 0 heterocycles. The molecule has 178 valence electrons. The third-order valence-electron chi connectivity index (χ3n) is 11.1. The second-order valence-corrected chi connectivity index (χ2v) is 12.9. The van der Waals surface area contributed by atoms with Gasteiger partial charge in [0.25, 0.3) is 0 Å². The van der Waals surface area contributed by atoms with Crippen LogP contribution in [0.5, 0.6) is 0 Å². The summed E-state index contributed by atoms with van der Waals surface area (Å²) in [6.07, 6.45) is 12.2. The number of hydrogen-bond acceptors (Lipinski definition) is 3. The van der Waals surface area contributed by atoms with Crippen LogP contribution in [-0.4, -0.2) is 29.7 Å². The molecule has 9 atom stereocenters. The monoisotopic (exact) mass is 432 g/mol. The Morgan fingerprint density at radius 1 is 1.03 bits per heavy atom. The fourth-order valence-electron chi connectivity index (χ4n) is 9.23. The van der Waals surface area contributed by atoms with Crippen LogP contribution in [0.2, 0.25) is 0 Å². The number of hydrogen-bond donors (Lipinski definition) is 1. The highest BCUT2D eigenvalue weighted by atomic mass is 16.5. The van der Waals surface area contributed by atoms with Crippen LogP contribution in [-0.2, 0) is 9.53 Å². The van der Waals surface area contributed by atoms with Crippen molar-refractivity contribution in [2.24, 2.45) is 46.3 Å². The van der Waals surface area contributed by atoms with E-state index in [4.69, 9.17) is 4.74 Å². The number of fused-ring (bicyclic) bond motifs is 5. The lowest BCUT2D eigenvalue weighted by atomic mass is 9.42. The molecule has 9 unspecified atom stereocenters. The fourth-order valence-corrected chi connectivity index (χ4v) is 9.23. The van der Waals surface area contributed by atoms with Crippen molar-refractivity contribution < 1.29 is 14.6 Å². The highest BCUT2D eigenvalue weighted by Crippen LogP contribution is 2.68. The first-order valence-corrected chi connectivity index (χ1v) is 13.3.